The number of aliphatic carboxylic acids is 1. The van der Waals surface area contributed by atoms with Crippen LogP contribution in [-0.2, 0) is 21.4 Å². The van der Waals surface area contributed by atoms with Gasteiger partial charge in [0.15, 0.2) is 11.7 Å². The number of nitrogens with one attached hydrogen (secondary N) is 1. The van der Waals surface area contributed by atoms with Crippen molar-refractivity contribution in [2.75, 3.05) is 6.54 Å². The first-order chi connectivity index (χ1) is 14.0. The predicted octanol–water partition coefficient (Wildman–Crippen LogP) is 3.82. The van der Waals surface area contributed by atoms with Crippen LogP contribution in [0.3, 0.4) is 0 Å². The second kappa shape index (κ2) is 9.19. The van der Waals surface area contributed by atoms with Crippen molar-refractivity contribution < 1.29 is 19.1 Å². The van der Waals surface area contributed by atoms with E-state index in [0.717, 1.165) is 5.56 Å². The Labute approximate surface area is 169 Å². The number of benzene rings is 2. The van der Waals surface area contributed by atoms with Gasteiger partial charge in [-0.05, 0) is 18.9 Å². The van der Waals surface area contributed by atoms with Gasteiger partial charge < -0.3 is 14.8 Å². The number of carboxylic acid groups (broad SMARTS) is 1. The number of carbonyl (C=O) groups is 2. The lowest BCUT2D eigenvalue weighted by atomic mass is 9.82. The minimum Gasteiger partial charge on any atom is -0.481 e. The van der Waals surface area contributed by atoms with Crippen molar-refractivity contribution in [2.24, 2.45) is 0 Å². The lowest BCUT2D eigenvalue weighted by Crippen LogP contribution is -2.44. The molecule has 3 aromatic rings. The summed E-state index contributed by atoms with van der Waals surface area (Å²) in [6, 6.07) is 18.6. The molecule has 2 N–H and O–H groups in total. The van der Waals surface area contributed by atoms with Gasteiger partial charge in [0.25, 0.3) is 0 Å². The van der Waals surface area contributed by atoms with Crippen molar-refractivity contribution in [1.82, 2.24) is 10.3 Å². The van der Waals surface area contributed by atoms with E-state index in [0.29, 0.717) is 30.1 Å². The molecule has 0 saturated carbocycles. The Hall–Kier alpha value is -3.41. The van der Waals surface area contributed by atoms with E-state index in [1.54, 1.807) is 37.4 Å². The third kappa shape index (κ3) is 5.10. The zero-order valence-electron chi connectivity index (χ0n) is 16.3. The van der Waals surface area contributed by atoms with Gasteiger partial charge >= 0.3 is 5.97 Å². The molecule has 0 aliphatic heterocycles. The van der Waals surface area contributed by atoms with E-state index in [1.807, 2.05) is 36.4 Å². The number of amides is 1. The summed E-state index contributed by atoms with van der Waals surface area (Å²) < 4.78 is 5.73. The molecule has 0 aliphatic rings. The average Bonchev–Trinajstić information content (AvgIpc) is 3.22. The molecule has 6 heteroatoms. The fourth-order valence-corrected chi connectivity index (χ4v) is 3.03. The summed E-state index contributed by atoms with van der Waals surface area (Å²) in [5.41, 5.74) is 0.434. The molecule has 0 radical (unpaired) electrons. The summed E-state index contributed by atoms with van der Waals surface area (Å²) in [6.45, 7) is 1.64. The molecule has 0 saturated heterocycles. The number of hydrogen-bond donors (Lipinski definition) is 2. The molecule has 0 spiro atoms. The van der Waals surface area contributed by atoms with Crippen LogP contribution in [0.5, 0.6) is 0 Å². The highest BCUT2D eigenvalue weighted by Crippen LogP contribution is 2.23. The Kier molecular flexibility index (Phi) is 6.44. The normalized spacial score (nSPS) is 12.9. The lowest BCUT2D eigenvalue weighted by Gasteiger charge is -2.25. The second-order valence-electron chi connectivity index (χ2n) is 7.12. The van der Waals surface area contributed by atoms with E-state index < -0.39 is 11.4 Å². The minimum atomic E-state index is -1.18. The number of carboxylic acids is 1. The fraction of sp³-hybridized carbons (Fsp3) is 0.261. The van der Waals surface area contributed by atoms with Gasteiger partial charge in [0.2, 0.25) is 5.91 Å². The minimum absolute atomic E-state index is 0.0301. The van der Waals surface area contributed by atoms with Crippen LogP contribution in [0.25, 0.3) is 11.3 Å². The molecule has 1 heterocycles. The van der Waals surface area contributed by atoms with Gasteiger partial charge in [0.05, 0.1) is 6.20 Å². The van der Waals surface area contributed by atoms with Crippen molar-refractivity contribution >= 4 is 11.9 Å². The van der Waals surface area contributed by atoms with E-state index in [2.05, 4.69) is 10.3 Å². The van der Waals surface area contributed by atoms with Gasteiger partial charge in [-0.3, -0.25) is 9.59 Å². The summed E-state index contributed by atoms with van der Waals surface area (Å²) >= 11 is 0. The lowest BCUT2D eigenvalue weighted by molar-refractivity contribution is -0.143. The van der Waals surface area contributed by atoms with E-state index in [9.17, 15) is 14.7 Å². The van der Waals surface area contributed by atoms with Crippen LogP contribution in [0.1, 0.15) is 31.2 Å². The van der Waals surface area contributed by atoms with Gasteiger partial charge in [-0.25, -0.2) is 4.98 Å². The van der Waals surface area contributed by atoms with Gasteiger partial charge in [0.1, 0.15) is 5.41 Å². The first kappa shape index (κ1) is 20.3. The highest BCUT2D eigenvalue weighted by atomic mass is 16.4. The maximum atomic E-state index is 12.2. The van der Waals surface area contributed by atoms with Crippen LogP contribution in [0.15, 0.2) is 71.3 Å². The Morgan fingerprint density at radius 3 is 2.38 bits per heavy atom. The monoisotopic (exact) mass is 392 g/mol. The standard InChI is InChI=1S/C23H24N2O4/c1-23(22(27)28,18-11-6-3-7-12-18)16-25-20(26)13-8-14-21-24-15-19(29-21)17-9-4-2-5-10-17/h2-7,9-12,15H,8,13-14,16H2,1H3,(H,25,26)(H,27,28). The topological polar surface area (TPSA) is 92.4 Å². The second-order valence-corrected chi connectivity index (χ2v) is 7.12. The highest BCUT2D eigenvalue weighted by molar-refractivity contribution is 5.83. The number of hydrogen-bond acceptors (Lipinski definition) is 4. The van der Waals surface area contributed by atoms with Crippen LogP contribution in [0, 0.1) is 0 Å². The fourth-order valence-electron chi connectivity index (χ4n) is 3.03. The van der Waals surface area contributed by atoms with Crippen LogP contribution in [-0.4, -0.2) is 28.5 Å². The average molecular weight is 392 g/mol. The highest BCUT2D eigenvalue weighted by Gasteiger charge is 2.35. The van der Waals surface area contributed by atoms with Crippen molar-refractivity contribution in [3.63, 3.8) is 0 Å². The first-order valence-electron chi connectivity index (χ1n) is 9.55. The molecule has 2 aromatic carbocycles. The predicted molar refractivity (Wildman–Crippen MR) is 109 cm³/mol. The van der Waals surface area contributed by atoms with Gasteiger partial charge in [-0.2, -0.15) is 0 Å². The Morgan fingerprint density at radius 1 is 1.07 bits per heavy atom. The molecule has 1 unspecified atom stereocenters. The summed E-state index contributed by atoms with van der Waals surface area (Å²) in [7, 11) is 0. The summed E-state index contributed by atoms with van der Waals surface area (Å²) in [6.07, 6.45) is 3.06. The van der Waals surface area contributed by atoms with Crippen molar-refractivity contribution in [3.05, 3.63) is 78.3 Å². The molecular formula is C23H24N2O4. The quantitative estimate of drug-likeness (QED) is 0.577. The van der Waals surface area contributed by atoms with Crippen LogP contribution in [0.2, 0.25) is 0 Å². The van der Waals surface area contributed by atoms with Gasteiger partial charge in [0, 0.05) is 24.9 Å². The molecule has 1 atom stereocenters. The summed E-state index contributed by atoms with van der Waals surface area (Å²) in [4.78, 5) is 28.2. The first-order valence-corrected chi connectivity index (χ1v) is 9.55. The molecule has 6 nitrogen and oxygen atoms in total. The zero-order valence-corrected chi connectivity index (χ0v) is 16.3. The molecule has 0 fully saturated rings. The van der Waals surface area contributed by atoms with E-state index in [1.165, 1.54) is 0 Å². The van der Waals surface area contributed by atoms with E-state index in [4.69, 9.17) is 4.42 Å². The number of oxazole rings is 1. The number of carbonyl (C=O) groups excluding carboxylic acids is 1. The molecule has 1 aromatic heterocycles. The molecule has 150 valence electrons. The Morgan fingerprint density at radius 2 is 1.72 bits per heavy atom. The molecular weight excluding hydrogens is 368 g/mol. The zero-order chi connectivity index (χ0) is 20.7. The van der Waals surface area contributed by atoms with Crippen LogP contribution >= 0.6 is 0 Å². The van der Waals surface area contributed by atoms with Gasteiger partial charge in [-0.1, -0.05) is 60.7 Å². The maximum Gasteiger partial charge on any atom is 0.315 e. The number of aryl methyl sites for hydroxylation is 1. The molecule has 0 bridgehead atoms. The molecule has 1 amide bonds. The Balaban J connectivity index is 1.49. The van der Waals surface area contributed by atoms with E-state index >= 15 is 0 Å². The van der Waals surface area contributed by atoms with Crippen LogP contribution in [0.4, 0.5) is 0 Å². The molecule has 0 aliphatic carbocycles. The Bertz CT molecular complexity index is 953. The summed E-state index contributed by atoms with van der Waals surface area (Å²) in [5.74, 6) is 0.113. The third-order valence-corrected chi connectivity index (χ3v) is 4.93. The number of aromatic nitrogens is 1. The summed E-state index contributed by atoms with van der Waals surface area (Å²) in [5, 5.41) is 12.4. The van der Waals surface area contributed by atoms with Crippen LogP contribution < -0.4 is 5.32 Å². The number of nitrogens with zero attached hydrogens (tertiary/aromatic N) is 1. The van der Waals surface area contributed by atoms with Crippen molar-refractivity contribution in [2.45, 2.75) is 31.6 Å². The maximum absolute atomic E-state index is 12.2. The van der Waals surface area contributed by atoms with Crippen molar-refractivity contribution in [3.8, 4) is 11.3 Å². The van der Waals surface area contributed by atoms with E-state index in [-0.39, 0.29) is 18.9 Å². The van der Waals surface area contributed by atoms with Crippen molar-refractivity contribution in [1.29, 1.82) is 0 Å². The third-order valence-electron chi connectivity index (χ3n) is 4.93. The largest absolute Gasteiger partial charge is 0.481 e. The smallest absolute Gasteiger partial charge is 0.315 e. The SMILES string of the molecule is CC(CNC(=O)CCCc1ncc(-c2ccccc2)o1)(C(=O)O)c1ccccc1. The molecule has 29 heavy (non-hydrogen) atoms. The van der Waals surface area contributed by atoms with Gasteiger partial charge in [-0.15, -0.1) is 0 Å². The molecule has 3 rings (SSSR count). The number of rotatable bonds is 9.